The van der Waals surface area contributed by atoms with E-state index in [1.165, 1.54) is 0 Å². The highest BCUT2D eigenvalue weighted by Crippen LogP contribution is 2.28. The lowest BCUT2D eigenvalue weighted by molar-refractivity contribution is 0.0994. The summed E-state index contributed by atoms with van der Waals surface area (Å²) in [5.74, 6) is 0.808. The molecular formula is C20H30N2O3S. The van der Waals surface area contributed by atoms with Gasteiger partial charge in [-0.1, -0.05) is 0 Å². The zero-order chi connectivity index (χ0) is 18.9. The molecule has 0 saturated heterocycles. The molecule has 0 radical (unpaired) electrons. The summed E-state index contributed by atoms with van der Waals surface area (Å²) >= 11 is 0. The van der Waals surface area contributed by atoms with Crippen molar-refractivity contribution in [2.24, 2.45) is 5.92 Å². The number of rotatable bonds is 5. The average Bonchev–Trinajstić information content (AvgIpc) is 2.93. The summed E-state index contributed by atoms with van der Waals surface area (Å²) < 4.78 is 26.7. The Kier molecular flexibility index (Phi) is 5.45. The fourth-order valence-electron chi connectivity index (χ4n) is 3.71. The van der Waals surface area contributed by atoms with E-state index in [9.17, 15) is 13.2 Å². The van der Waals surface area contributed by atoms with Crippen LogP contribution in [0.3, 0.4) is 0 Å². The third-order valence-electron chi connectivity index (χ3n) is 5.60. The van der Waals surface area contributed by atoms with Gasteiger partial charge in [-0.3, -0.25) is 4.79 Å². The molecule has 0 amide bonds. The van der Waals surface area contributed by atoms with Gasteiger partial charge in [-0.25, -0.2) is 13.1 Å². The molecule has 3 rings (SSSR count). The summed E-state index contributed by atoms with van der Waals surface area (Å²) in [5.41, 5.74) is 3.11. The molecular weight excluding hydrogens is 348 g/mol. The van der Waals surface area contributed by atoms with E-state index in [0.717, 1.165) is 55.5 Å². The van der Waals surface area contributed by atoms with Gasteiger partial charge in [0.1, 0.15) is 0 Å². The highest BCUT2D eigenvalue weighted by molar-refractivity contribution is 7.90. The molecule has 0 aromatic heterocycles. The molecule has 1 saturated carbocycles. The van der Waals surface area contributed by atoms with Gasteiger partial charge in [0.15, 0.2) is 5.78 Å². The first-order valence-corrected chi connectivity index (χ1v) is 11.1. The fraction of sp³-hybridized carbons (Fsp3) is 0.650. The fourth-order valence-corrected chi connectivity index (χ4v) is 4.74. The molecule has 2 aliphatic rings. The van der Waals surface area contributed by atoms with Crippen LogP contribution in [-0.4, -0.2) is 31.5 Å². The number of carbonyl (C=O) groups excluding carboxylic acids is 1. The molecule has 144 valence electrons. The van der Waals surface area contributed by atoms with Crippen LogP contribution in [0.1, 0.15) is 68.8 Å². The largest absolute Gasteiger partial charge is 0.385 e. The van der Waals surface area contributed by atoms with E-state index in [4.69, 9.17) is 0 Å². The Morgan fingerprint density at radius 2 is 1.77 bits per heavy atom. The summed E-state index contributed by atoms with van der Waals surface area (Å²) in [6.45, 7) is 6.09. The molecule has 0 unspecified atom stereocenters. The van der Waals surface area contributed by atoms with Gasteiger partial charge < -0.3 is 5.32 Å². The van der Waals surface area contributed by atoms with Crippen LogP contribution in [0.15, 0.2) is 18.2 Å². The van der Waals surface area contributed by atoms with Crippen LogP contribution in [0, 0.1) is 5.92 Å². The number of hydrogen-bond donors (Lipinski definition) is 2. The van der Waals surface area contributed by atoms with Crippen LogP contribution in [0.2, 0.25) is 0 Å². The van der Waals surface area contributed by atoms with Gasteiger partial charge in [-0.05, 0) is 82.6 Å². The molecule has 0 heterocycles. The van der Waals surface area contributed by atoms with E-state index in [-0.39, 0.29) is 11.8 Å². The molecule has 1 aromatic carbocycles. The second-order valence-corrected chi connectivity index (χ2v) is 11.1. The topological polar surface area (TPSA) is 75.3 Å². The number of Topliss-reactive ketones (excluding diaryl/α,β-unsaturated/α-hetero) is 1. The summed E-state index contributed by atoms with van der Waals surface area (Å²) in [4.78, 5) is 11.7. The van der Waals surface area contributed by atoms with Gasteiger partial charge >= 0.3 is 0 Å². The number of nitrogens with one attached hydrogen (secondary N) is 2. The summed E-state index contributed by atoms with van der Waals surface area (Å²) in [6, 6.07) is 6.08. The molecule has 0 spiro atoms. The Bertz CT molecular complexity index is 773. The van der Waals surface area contributed by atoms with Crippen LogP contribution in [-0.2, 0) is 16.4 Å². The minimum absolute atomic E-state index is 0.0569. The molecule has 2 N–H and O–H groups in total. The first-order valence-electron chi connectivity index (χ1n) is 9.57. The number of anilines is 1. The summed E-state index contributed by atoms with van der Waals surface area (Å²) in [5, 5.41) is 3.50. The SMILES string of the molecule is CC(C)(C)S(=O)(=O)N[C@H]1CC[C@H](CNc2ccc3c(c2)CCC3=O)CC1. The highest BCUT2D eigenvalue weighted by atomic mass is 32.2. The lowest BCUT2D eigenvalue weighted by Gasteiger charge is -2.31. The van der Waals surface area contributed by atoms with Crippen molar-refractivity contribution in [2.75, 3.05) is 11.9 Å². The van der Waals surface area contributed by atoms with E-state index in [0.29, 0.717) is 12.3 Å². The molecule has 1 fully saturated rings. The lowest BCUT2D eigenvalue weighted by Crippen LogP contribution is -2.46. The molecule has 26 heavy (non-hydrogen) atoms. The Morgan fingerprint density at radius 1 is 1.08 bits per heavy atom. The van der Waals surface area contributed by atoms with Crippen molar-refractivity contribution in [1.82, 2.24) is 4.72 Å². The molecule has 0 atom stereocenters. The third kappa shape index (κ3) is 4.29. The second-order valence-electron chi connectivity index (χ2n) is 8.63. The van der Waals surface area contributed by atoms with Crippen molar-refractivity contribution in [1.29, 1.82) is 0 Å². The number of hydrogen-bond acceptors (Lipinski definition) is 4. The number of sulfonamides is 1. The number of benzene rings is 1. The monoisotopic (exact) mass is 378 g/mol. The maximum atomic E-state index is 12.3. The van der Waals surface area contributed by atoms with Crippen LogP contribution < -0.4 is 10.0 Å². The van der Waals surface area contributed by atoms with E-state index >= 15 is 0 Å². The maximum Gasteiger partial charge on any atom is 0.216 e. The van der Waals surface area contributed by atoms with E-state index in [2.05, 4.69) is 16.1 Å². The summed E-state index contributed by atoms with van der Waals surface area (Å²) in [6.07, 6.45) is 5.30. The Hall–Kier alpha value is -1.40. The predicted octanol–water partition coefficient (Wildman–Crippen LogP) is 3.50. The van der Waals surface area contributed by atoms with Gasteiger partial charge in [-0.2, -0.15) is 0 Å². The van der Waals surface area contributed by atoms with Crippen molar-refractivity contribution in [3.8, 4) is 0 Å². The predicted molar refractivity (Wildman–Crippen MR) is 105 cm³/mol. The molecule has 2 aliphatic carbocycles. The smallest absolute Gasteiger partial charge is 0.216 e. The van der Waals surface area contributed by atoms with Crippen LogP contribution >= 0.6 is 0 Å². The quantitative estimate of drug-likeness (QED) is 0.822. The Labute approximate surface area is 157 Å². The van der Waals surface area contributed by atoms with Crippen molar-refractivity contribution in [2.45, 2.75) is 70.1 Å². The molecule has 1 aromatic rings. The van der Waals surface area contributed by atoms with Crippen LogP contribution in [0.4, 0.5) is 5.69 Å². The van der Waals surface area contributed by atoms with Crippen LogP contribution in [0.5, 0.6) is 0 Å². The molecule has 0 bridgehead atoms. The average molecular weight is 379 g/mol. The van der Waals surface area contributed by atoms with Crippen molar-refractivity contribution >= 4 is 21.5 Å². The Balaban J connectivity index is 1.47. The van der Waals surface area contributed by atoms with E-state index < -0.39 is 14.8 Å². The number of carbonyl (C=O) groups is 1. The zero-order valence-electron chi connectivity index (χ0n) is 16.0. The van der Waals surface area contributed by atoms with E-state index in [1.807, 2.05) is 12.1 Å². The lowest BCUT2D eigenvalue weighted by atomic mass is 9.86. The highest BCUT2D eigenvalue weighted by Gasteiger charge is 2.32. The Morgan fingerprint density at radius 3 is 2.42 bits per heavy atom. The molecule has 5 nitrogen and oxygen atoms in total. The van der Waals surface area contributed by atoms with Gasteiger partial charge in [0.2, 0.25) is 10.0 Å². The zero-order valence-corrected chi connectivity index (χ0v) is 16.8. The van der Waals surface area contributed by atoms with Crippen molar-refractivity contribution in [3.05, 3.63) is 29.3 Å². The van der Waals surface area contributed by atoms with Crippen molar-refractivity contribution < 1.29 is 13.2 Å². The van der Waals surface area contributed by atoms with Gasteiger partial charge in [0.05, 0.1) is 4.75 Å². The number of aryl methyl sites for hydroxylation is 1. The maximum absolute atomic E-state index is 12.3. The first-order chi connectivity index (χ1) is 12.2. The van der Waals surface area contributed by atoms with Crippen LogP contribution in [0.25, 0.3) is 0 Å². The minimum Gasteiger partial charge on any atom is -0.385 e. The van der Waals surface area contributed by atoms with E-state index in [1.54, 1.807) is 20.8 Å². The van der Waals surface area contributed by atoms with Gasteiger partial charge in [0.25, 0.3) is 0 Å². The summed E-state index contributed by atoms with van der Waals surface area (Å²) in [7, 11) is -3.27. The third-order valence-corrected chi connectivity index (χ3v) is 7.85. The van der Waals surface area contributed by atoms with Gasteiger partial charge in [-0.15, -0.1) is 0 Å². The molecule has 0 aliphatic heterocycles. The minimum atomic E-state index is -3.27. The molecule has 6 heteroatoms. The van der Waals surface area contributed by atoms with Gasteiger partial charge in [0, 0.05) is 30.3 Å². The second kappa shape index (κ2) is 7.31. The standard InChI is InChI=1S/C20H30N2O3S/c1-20(2,3)26(24,25)22-16-7-4-14(5-8-16)13-21-17-9-10-18-15(12-17)6-11-19(18)23/h9-10,12,14,16,21-22H,4-8,11,13H2,1-3H3/t14-,16-. The van der Waals surface area contributed by atoms with Crippen molar-refractivity contribution in [3.63, 3.8) is 0 Å². The first kappa shape index (κ1) is 19.4. The normalized spacial score (nSPS) is 23.7. The number of fused-ring (bicyclic) bond motifs is 1. The number of ketones is 1.